The molecule has 0 unspecified atom stereocenters. The van der Waals surface area contributed by atoms with Crippen LogP contribution in [0.5, 0.6) is 0 Å². The van der Waals surface area contributed by atoms with E-state index in [1.165, 1.54) is 16.7 Å². The number of benzene rings is 2. The first-order chi connectivity index (χ1) is 13.4. The van der Waals surface area contributed by atoms with Gasteiger partial charge in [-0.3, -0.25) is 14.6 Å². The Labute approximate surface area is 167 Å². The molecule has 2 amide bonds. The van der Waals surface area contributed by atoms with E-state index in [2.05, 4.69) is 15.3 Å². The monoisotopic (exact) mass is 392 g/mol. The molecule has 0 aromatic heterocycles. The molecule has 4 rings (SSSR count). The number of amides is 2. The average molecular weight is 392 g/mol. The Hall–Kier alpha value is -2.93. The smallest absolute Gasteiger partial charge is 0.258 e. The second-order valence-electron chi connectivity index (χ2n) is 6.83. The van der Waals surface area contributed by atoms with Crippen LogP contribution >= 0.6 is 11.8 Å². The normalized spacial score (nSPS) is 18.8. The van der Waals surface area contributed by atoms with Crippen molar-refractivity contribution in [3.63, 3.8) is 0 Å². The van der Waals surface area contributed by atoms with Crippen LogP contribution < -0.4 is 5.32 Å². The van der Waals surface area contributed by atoms with Gasteiger partial charge in [0.15, 0.2) is 5.17 Å². The number of carbonyl (C=O) groups is 2. The van der Waals surface area contributed by atoms with Crippen LogP contribution in [0.4, 0.5) is 11.4 Å². The van der Waals surface area contributed by atoms with E-state index in [1.54, 1.807) is 13.8 Å². The van der Waals surface area contributed by atoms with E-state index in [1.807, 2.05) is 55.5 Å². The molecule has 0 saturated carbocycles. The highest BCUT2D eigenvalue weighted by molar-refractivity contribution is 8.15. The minimum atomic E-state index is -0.455. The summed E-state index contributed by atoms with van der Waals surface area (Å²) in [4.78, 5) is 36.0. The second-order valence-corrected chi connectivity index (χ2v) is 8.14. The molecule has 0 bridgehead atoms. The Morgan fingerprint density at radius 3 is 2.79 bits per heavy atom. The topological polar surface area (TPSA) is 74.1 Å². The Kier molecular flexibility index (Phi) is 4.77. The molecule has 142 valence electrons. The van der Waals surface area contributed by atoms with Gasteiger partial charge in [0, 0.05) is 11.3 Å². The molecule has 2 aromatic rings. The largest absolute Gasteiger partial charge is 0.325 e. The van der Waals surface area contributed by atoms with E-state index in [0.717, 1.165) is 22.5 Å². The second kappa shape index (κ2) is 7.24. The fourth-order valence-corrected chi connectivity index (χ4v) is 4.05. The number of nitrogens with one attached hydrogen (secondary N) is 1. The highest BCUT2D eigenvalue weighted by Crippen LogP contribution is 2.34. The van der Waals surface area contributed by atoms with E-state index in [0.29, 0.717) is 11.0 Å². The van der Waals surface area contributed by atoms with E-state index in [4.69, 9.17) is 0 Å². The average Bonchev–Trinajstić information content (AvgIpc) is 2.97. The van der Waals surface area contributed by atoms with Crippen molar-refractivity contribution in [1.29, 1.82) is 0 Å². The van der Waals surface area contributed by atoms with Gasteiger partial charge < -0.3 is 5.32 Å². The van der Waals surface area contributed by atoms with E-state index < -0.39 is 11.3 Å². The SMILES string of the molecule is Cc1cccc(NC(=O)[C@@H](C)SC2=Nc3ccccc3C3=N[C@H](C)C(=O)N23)c1. The maximum Gasteiger partial charge on any atom is 0.258 e. The fraction of sp³-hybridized carbons (Fsp3) is 0.238. The van der Waals surface area contributed by atoms with Crippen molar-refractivity contribution >= 4 is 46.0 Å². The van der Waals surface area contributed by atoms with Crippen LogP contribution in [0, 0.1) is 6.92 Å². The minimum absolute atomic E-state index is 0.123. The summed E-state index contributed by atoms with van der Waals surface area (Å²) in [7, 11) is 0. The molecular weight excluding hydrogens is 372 g/mol. The van der Waals surface area contributed by atoms with Crippen LogP contribution in [-0.4, -0.2) is 39.0 Å². The van der Waals surface area contributed by atoms with Gasteiger partial charge in [0.1, 0.15) is 11.9 Å². The molecule has 0 spiro atoms. The Bertz CT molecular complexity index is 1030. The summed E-state index contributed by atoms with van der Waals surface area (Å²) >= 11 is 1.26. The quantitative estimate of drug-likeness (QED) is 0.865. The van der Waals surface area contributed by atoms with Gasteiger partial charge in [0.05, 0.1) is 10.9 Å². The number of aliphatic imine (C=N–C) groups is 2. The summed E-state index contributed by atoms with van der Waals surface area (Å²) in [6, 6.07) is 14.8. The van der Waals surface area contributed by atoms with Gasteiger partial charge in [-0.15, -0.1) is 0 Å². The number of nitrogens with zero attached hydrogens (tertiary/aromatic N) is 3. The van der Waals surface area contributed by atoms with Gasteiger partial charge in [-0.05, 0) is 50.6 Å². The van der Waals surface area contributed by atoms with Crippen LogP contribution in [0.15, 0.2) is 58.5 Å². The highest BCUT2D eigenvalue weighted by atomic mass is 32.2. The van der Waals surface area contributed by atoms with Gasteiger partial charge in [-0.2, -0.15) is 0 Å². The number of rotatable bonds is 3. The minimum Gasteiger partial charge on any atom is -0.325 e. The summed E-state index contributed by atoms with van der Waals surface area (Å²) in [5.74, 6) is 0.342. The molecule has 7 heteroatoms. The van der Waals surface area contributed by atoms with Crippen LogP contribution in [0.2, 0.25) is 0 Å². The van der Waals surface area contributed by atoms with Gasteiger partial charge in [-0.25, -0.2) is 9.89 Å². The standard InChI is InChI=1S/C21H20N4O2S/c1-12-7-6-8-15(11-12)23-19(26)14(3)28-21-24-17-10-5-4-9-16(17)18-22-13(2)20(27)25(18)21/h4-11,13-14H,1-3H3,(H,23,26)/t13-,14-/m1/s1. The lowest BCUT2D eigenvalue weighted by molar-refractivity contribution is -0.124. The predicted molar refractivity (Wildman–Crippen MR) is 113 cm³/mol. The first-order valence-corrected chi connectivity index (χ1v) is 9.96. The molecule has 0 fully saturated rings. The molecule has 2 atom stereocenters. The zero-order valence-corrected chi connectivity index (χ0v) is 16.7. The van der Waals surface area contributed by atoms with Crippen LogP contribution in [-0.2, 0) is 9.59 Å². The molecule has 2 heterocycles. The zero-order valence-electron chi connectivity index (χ0n) is 15.8. The Morgan fingerprint density at radius 2 is 2.00 bits per heavy atom. The maximum absolute atomic E-state index is 12.7. The highest BCUT2D eigenvalue weighted by Gasteiger charge is 2.40. The first-order valence-electron chi connectivity index (χ1n) is 9.08. The van der Waals surface area contributed by atoms with Gasteiger partial charge in [0.25, 0.3) is 5.91 Å². The Morgan fingerprint density at radius 1 is 1.21 bits per heavy atom. The van der Waals surface area contributed by atoms with Crippen LogP contribution in [0.1, 0.15) is 25.0 Å². The molecule has 0 radical (unpaired) electrons. The molecule has 2 aliphatic rings. The van der Waals surface area contributed by atoms with Crippen molar-refractivity contribution in [2.24, 2.45) is 9.98 Å². The number of thioether (sulfide) groups is 1. The van der Waals surface area contributed by atoms with Gasteiger partial charge >= 0.3 is 0 Å². The molecule has 28 heavy (non-hydrogen) atoms. The lowest BCUT2D eigenvalue weighted by atomic mass is 10.1. The summed E-state index contributed by atoms with van der Waals surface area (Å²) < 4.78 is 0. The summed E-state index contributed by atoms with van der Waals surface area (Å²) in [6.07, 6.45) is 0. The molecule has 0 saturated heterocycles. The van der Waals surface area contributed by atoms with Crippen molar-refractivity contribution in [3.8, 4) is 0 Å². The Balaban J connectivity index is 1.58. The van der Waals surface area contributed by atoms with Gasteiger partial charge in [-0.1, -0.05) is 36.0 Å². The van der Waals surface area contributed by atoms with Crippen molar-refractivity contribution in [3.05, 3.63) is 59.7 Å². The number of para-hydroxylation sites is 1. The summed E-state index contributed by atoms with van der Waals surface area (Å²) in [5.41, 5.74) is 3.42. The molecular formula is C21H20N4O2S. The maximum atomic E-state index is 12.7. The third kappa shape index (κ3) is 3.33. The molecule has 2 aromatic carbocycles. The van der Waals surface area contributed by atoms with Gasteiger partial charge in [0.2, 0.25) is 5.91 Å². The van der Waals surface area contributed by atoms with Crippen LogP contribution in [0.3, 0.4) is 0 Å². The van der Waals surface area contributed by atoms with Crippen LogP contribution in [0.25, 0.3) is 0 Å². The molecule has 0 aliphatic carbocycles. The lowest BCUT2D eigenvalue weighted by Crippen LogP contribution is -2.41. The number of hydrogen-bond acceptors (Lipinski definition) is 5. The number of hydrogen-bond donors (Lipinski definition) is 1. The zero-order chi connectivity index (χ0) is 19.8. The van der Waals surface area contributed by atoms with Crippen molar-refractivity contribution in [1.82, 2.24) is 4.90 Å². The van der Waals surface area contributed by atoms with E-state index in [-0.39, 0.29) is 11.8 Å². The fourth-order valence-electron chi connectivity index (χ4n) is 3.13. The summed E-state index contributed by atoms with van der Waals surface area (Å²) in [6.45, 7) is 5.55. The molecule has 6 nitrogen and oxygen atoms in total. The molecule has 1 N–H and O–H groups in total. The van der Waals surface area contributed by atoms with E-state index in [9.17, 15) is 9.59 Å². The first kappa shape index (κ1) is 18.4. The number of amidine groups is 2. The number of aryl methyl sites for hydroxylation is 1. The lowest BCUT2D eigenvalue weighted by Gasteiger charge is -2.26. The predicted octanol–water partition coefficient (Wildman–Crippen LogP) is 3.73. The number of anilines is 1. The summed E-state index contributed by atoms with van der Waals surface area (Å²) in [5, 5.41) is 2.97. The van der Waals surface area contributed by atoms with Crippen molar-refractivity contribution in [2.75, 3.05) is 5.32 Å². The van der Waals surface area contributed by atoms with E-state index >= 15 is 0 Å². The third-order valence-corrected chi connectivity index (χ3v) is 5.65. The van der Waals surface area contributed by atoms with Crippen molar-refractivity contribution < 1.29 is 9.59 Å². The third-order valence-electron chi connectivity index (χ3n) is 4.59. The molecule has 2 aliphatic heterocycles. The number of fused-ring (bicyclic) bond motifs is 3. The van der Waals surface area contributed by atoms with Crippen molar-refractivity contribution in [2.45, 2.75) is 32.1 Å². The number of carbonyl (C=O) groups excluding carboxylic acids is 2.